The zero-order valence-corrected chi connectivity index (χ0v) is 25.6. The van der Waals surface area contributed by atoms with Crippen LogP contribution >= 0.6 is 0 Å². The summed E-state index contributed by atoms with van der Waals surface area (Å²) in [6, 6.07) is 16.6. The van der Waals surface area contributed by atoms with Gasteiger partial charge in [0.15, 0.2) is 0 Å². The van der Waals surface area contributed by atoms with Gasteiger partial charge in [0.2, 0.25) is 0 Å². The molecule has 40 heavy (non-hydrogen) atoms. The van der Waals surface area contributed by atoms with E-state index in [1.165, 1.54) is 89.9 Å². The fourth-order valence-electron chi connectivity index (χ4n) is 4.54. The number of hydrogen-bond acceptors (Lipinski definition) is 4. The van der Waals surface area contributed by atoms with Crippen LogP contribution in [-0.2, 0) is 0 Å². The van der Waals surface area contributed by atoms with Gasteiger partial charge in [-0.15, -0.1) is 0 Å². The van der Waals surface area contributed by atoms with E-state index >= 15 is 0 Å². The van der Waals surface area contributed by atoms with Crippen molar-refractivity contribution in [3.63, 3.8) is 0 Å². The first kappa shape index (κ1) is 33.6. The maximum Gasteiger partial charge on any atom is 0.119 e. The van der Waals surface area contributed by atoms with Gasteiger partial charge < -0.3 is 9.47 Å². The highest BCUT2D eigenvalue weighted by Gasteiger charge is 1.98. The molecule has 2 aromatic carbocycles. The molecule has 0 aliphatic rings. The normalized spacial score (nSPS) is 11.6. The van der Waals surface area contributed by atoms with Gasteiger partial charge in [0, 0.05) is 25.5 Å². The average molecular weight is 549 g/mol. The number of ether oxygens (including phenoxy) is 2. The number of aliphatic imine (C=N–C) groups is 2. The van der Waals surface area contributed by atoms with E-state index in [2.05, 4.69) is 72.4 Å². The Morgan fingerprint density at radius 3 is 1.18 bits per heavy atom. The van der Waals surface area contributed by atoms with E-state index < -0.39 is 0 Å². The number of nitrogens with zero attached hydrogens (tertiary/aromatic N) is 2. The maximum absolute atomic E-state index is 5.91. The number of benzene rings is 2. The second-order valence-corrected chi connectivity index (χ2v) is 10.9. The molecule has 0 spiro atoms. The Morgan fingerprint density at radius 2 is 0.800 bits per heavy atom. The summed E-state index contributed by atoms with van der Waals surface area (Å²) in [5.41, 5.74) is 2.30. The Morgan fingerprint density at radius 1 is 0.450 bits per heavy atom. The lowest BCUT2D eigenvalue weighted by molar-refractivity contribution is 0.301. The number of unbranched alkanes of at least 4 members (excludes halogenated alkanes) is 13. The van der Waals surface area contributed by atoms with Gasteiger partial charge in [-0.3, -0.25) is 9.98 Å². The van der Waals surface area contributed by atoms with Crippen LogP contribution in [0.5, 0.6) is 11.5 Å². The van der Waals surface area contributed by atoms with Crippen molar-refractivity contribution in [1.29, 1.82) is 0 Å². The summed E-state index contributed by atoms with van der Waals surface area (Å²) >= 11 is 0. The minimum Gasteiger partial charge on any atom is -0.494 e. The molecule has 0 heterocycles. The third kappa shape index (κ3) is 17.9. The first-order valence-electron chi connectivity index (χ1n) is 16.3. The van der Waals surface area contributed by atoms with Crippen molar-refractivity contribution in [1.82, 2.24) is 0 Å². The molecule has 0 aliphatic carbocycles. The monoisotopic (exact) mass is 548 g/mol. The molecule has 0 aliphatic heterocycles. The standard InChI is InChI=1S/C36H56N2O2/c1-3-5-7-15-27-37-31-33-19-23-35(24-20-33)39-29-17-13-11-9-10-12-14-18-30-40-36-25-21-34(22-26-36)32-38-28-16-8-6-4-2/h19-26,31-32H,3-18,27-30H2,1-2H3. The van der Waals surface area contributed by atoms with Gasteiger partial charge in [-0.05, 0) is 85.3 Å². The predicted octanol–water partition coefficient (Wildman–Crippen LogP) is 10.3. The fourth-order valence-corrected chi connectivity index (χ4v) is 4.54. The molecule has 0 saturated carbocycles. The summed E-state index contributed by atoms with van der Waals surface area (Å²) in [6.45, 7) is 7.93. The summed E-state index contributed by atoms with van der Waals surface area (Å²) < 4.78 is 11.8. The highest BCUT2D eigenvalue weighted by Crippen LogP contribution is 2.15. The Bertz CT molecular complexity index is 815. The summed E-state index contributed by atoms with van der Waals surface area (Å²) in [6.07, 6.45) is 24.0. The Labute approximate surface area is 245 Å². The SMILES string of the molecule is CCCCCCN=Cc1ccc(OCCCCCCCCCCOc2ccc(C=NCCCCCC)cc2)cc1. The predicted molar refractivity (Wildman–Crippen MR) is 174 cm³/mol. The molecular formula is C36H56N2O2. The van der Waals surface area contributed by atoms with E-state index in [1.807, 2.05) is 12.4 Å². The minimum absolute atomic E-state index is 0.801. The summed E-state index contributed by atoms with van der Waals surface area (Å²) in [7, 11) is 0. The van der Waals surface area contributed by atoms with Crippen LogP contribution in [0.1, 0.15) is 128 Å². The minimum atomic E-state index is 0.801. The van der Waals surface area contributed by atoms with E-state index in [0.29, 0.717) is 0 Å². The van der Waals surface area contributed by atoms with Gasteiger partial charge >= 0.3 is 0 Å². The van der Waals surface area contributed by atoms with Crippen LogP contribution in [0, 0.1) is 0 Å². The molecule has 0 bridgehead atoms. The molecule has 0 atom stereocenters. The van der Waals surface area contributed by atoms with Gasteiger partial charge in [-0.2, -0.15) is 0 Å². The topological polar surface area (TPSA) is 43.2 Å². The molecule has 0 fully saturated rings. The molecule has 0 radical (unpaired) electrons. The zero-order chi connectivity index (χ0) is 28.4. The van der Waals surface area contributed by atoms with Crippen molar-refractivity contribution in [2.75, 3.05) is 26.3 Å². The van der Waals surface area contributed by atoms with Crippen LogP contribution in [0.25, 0.3) is 0 Å². The van der Waals surface area contributed by atoms with E-state index in [-0.39, 0.29) is 0 Å². The van der Waals surface area contributed by atoms with Crippen LogP contribution < -0.4 is 9.47 Å². The Hall–Kier alpha value is -2.62. The van der Waals surface area contributed by atoms with Crippen molar-refractivity contribution < 1.29 is 9.47 Å². The zero-order valence-electron chi connectivity index (χ0n) is 25.6. The van der Waals surface area contributed by atoms with Crippen LogP contribution in [0.4, 0.5) is 0 Å². The molecule has 4 heteroatoms. The highest BCUT2D eigenvalue weighted by atomic mass is 16.5. The van der Waals surface area contributed by atoms with Crippen molar-refractivity contribution >= 4 is 12.4 Å². The van der Waals surface area contributed by atoms with Crippen LogP contribution in [0.3, 0.4) is 0 Å². The smallest absolute Gasteiger partial charge is 0.119 e. The van der Waals surface area contributed by atoms with Crippen molar-refractivity contribution in [2.24, 2.45) is 9.98 Å². The summed E-state index contributed by atoms with van der Waals surface area (Å²) in [5, 5.41) is 0. The molecule has 2 rings (SSSR count). The molecule has 0 aromatic heterocycles. The number of hydrogen-bond donors (Lipinski definition) is 0. The van der Waals surface area contributed by atoms with Crippen LogP contribution in [0.2, 0.25) is 0 Å². The van der Waals surface area contributed by atoms with Gasteiger partial charge in [-0.1, -0.05) is 90.9 Å². The highest BCUT2D eigenvalue weighted by molar-refractivity contribution is 5.80. The molecule has 0 N–H and O–H groups in total. The van der Waals surface area contributed by atoms with Gasteiger partial charge in [0.1, 0.15) is 11.5 Å². The quantitative estimate of drug-likeness (QED) is 0.0915. The summed E-state index contributed by atoms with van der Waals surface area (Å²) in [4.78, 5) is 9.06. The van der Waals surface area contributed by atoms with E-state index in [1.54, 1.807) is 0 Å². The van der Waals surface area contributed by atoms with Crippen molar-refractivity contribution in [3.05, 3.63) is 59.7 Å². The lowest BCUT2D eigenvalue weighted by Gasteiger charge is -2.07. The first-order valence-corrected chi connectivity index (χ1v) is 16.3. The molecule has 0 saturated heterocycles. The Kier molecular flexibility index (Phi) is 20.3. The first-order chi connectivity index (χ1) is 19.8. The lowest BCUT2D eigenvalue weighted by atomic mass is 10.1. The fraction of sp³-hybridized carbons (Fsp3) is 0.611. The van der Waals surface area contributed by atoms with Crippen molar-refractivity contribution in [3.8, 4) is 11.5 Å². The maximum atomic E-state index is 5.91. The second kappa shape index (κ2) is 24.2. The third-order valence-electron chi connectivity index (χ3n) is 7.10. The van der Waals surface area contributed by atoms with Gasteiger partial charge in [0.25, 0.3) is 0 Å². The third-order valence-corrected chi connectivity index (χ3v) is 7.10. The lowest BCUT2D eigenvalue weighted by Crippen LogP contribution is -1.98. The van der Waals surface area contributed by atoms with E-state index in [0.717, 1.165) is 61.8 Å². The Balaban J connectivity index is 1.38. The van der Waals surface area contributed by atoms with E-state index in [9.17, 15) is 0 Å². The van der Waals surface area contributed by atoms with E-state index in [4.69, 9.17) is 9.47 Å². The molecular weight excluding hydrogens is 492 g/mol. The van der Waals surface area contributed by atoms with Crippen LogP contribution in [-0.4, -0.2) is 38.7 Å². The molecule has 0 unspecified atom stereocenters. The second-order valence-electron chi connectivity index (χ2n) is 10.9. The average Bonchev–Trinajstić information content (AvgIpc) is 2.98. The van der Waals surface area contributed by atoms with Crippen molar-refractivity contribution in [2.45, 2.75) is 117 Å². The molecule has 222 valence electrons. The largest absolute Gasteiger partial charge is 0.494 e. The van der Waals surface area contributed by atoms with Gasteiger partial charge in [0.05, 0.1) is 13.2 Å². The molecule has 0 amide bonds. The van der Waals surface area contributed by atoms with Crippen LogP contribution in [0.15, 0.2) is 58.5 Å². The molecule has 4 nitrogen and oxygen atoms in total. The molecule has 2 aromatic rings. The summed E-state index contributed by atoms with van der Waals surface area (Å²) in [5.74, 6) is 1.92. The van der Waals surface area contributed by atoms with Gasteiger partial charge in [-0.25, -0.2) is 0 Å². The number of rotatable bonds is 25.